The van der Waals surface area contributed by atoms with E-state index in [2.05, 4.69) is 5.32 Å². The summed E-state index contributed by atoms with van der Waals surface area (Å²) in [5, 5.41) is 2.57. The predicted octanol–water partition coefficient (Wildman–Crippen LogP) is 4.45. The van der Waals surface area contributed by atoms with E-state index in [0.29, 0.717) is 11.1 Å². The maximum absolute atomic E-state index is 13.7. The van der Waals surface area contributed by atoms with Crippen molar-refractivity contribution in [1.29, 1.82) is 0 Å². The lowest BCUT2D eigenvalue weighted by molar-refractivity contribution is 0.0827. The average Bonchev–Trinajstić information content (AvgIpc) is 2.69. The van der Waals surface area contributed by atoms with Gasteiger partial charge < -0.3 is 10.2 Å². The number of hydrogen-bond acceptors (Lipinski definition) is 2. The minimum absolute atomic E-state index is 0.0923. The van der Waals surface area contributed by atoms with Crippen molar-refractivity contribution in [1.82, 2.24) is 4.90 Å². The first-order chi connectivity index (χ1) is 13.0. The Morgan fingerprint density at radius 1 is 0.815 bits per heavy atom. The quantitative estimate of drug-likeness (QED) is 0.746. The van der Waals surface area contributed by atoms with Gasteiger partial charge in [-0.2, -0.15) is 0 Å². The van der Waals surface area contributed by atoms with Gasteiger partial charge >= 0.3 is 0 Å². The van der Waals surface area contributed by atoms with Crippen LogP contribution in [0.15, 0.2) is 72.8 Å². The highest BCUT2D eigenvalue weighted by Gasteiger charge is 2.12. The SMILES string of the molecule is CN(C)C(=O)c1cccc(-c2cccc(C(=O)Nc3ccccc3F)c2)c1. The van der Waals surface area contributed by atoms with Crippen molar-refractivity contribution in [3.8, 4) is 11.1 Å². The average molecular weight is 362 g/mol. The lowest BCUT2D eigenvalue weighted by atomic mass is 10.0. The van der Waals surface area contributed by atoms with Crippen molar-refractivity contribution in [2.75, 3.05) is 19.4 Å². The molecule has 0 unspecified atom stereocenters. The molecule has 0 spiro atoms. The topological polar surface area (TPSA) is 49.4 Å². The second kappa shape index (κ2) is 7.83. The van der Waals surface area contributed by atoms with Crippen molar-refractivity contribution in [3.05, 3.63) is 89.7 Å². The van der Waals surface area contributed by atoms with Crippen molar-refractivity contribution < 1.29 is 14.0 Å². The Morgan fingerprint density at radius 3 is 2.04 bits per heavy atom. The number of para-hydroxylation sites is 1. The molecule has 0 radical (unpaired) electrons. The van der Waals surface area contributed by atoms with Crippen molar-refractivity contribution in [2.45, 2.75) is 0 Å². The zero-order valence-electron chi connectivity index (χ0n) is 15.1. The molecule has 4 nitrogen and oxygen atoms in total. The van der Waals surface area contributed by atoms with Crippen molar-refractivity contribution in [3.63, 3.8) is 0 Å². The fourth-order valence-electron chi connectivity index (χ4n) is 2.69. The van der Waals surface area contributed by atoms with E-state index in [1.165, 1.54) is 17.0 Å². The van der Waals surface area contributed by atoms with Crippen LogP contribution < -0.4 is 5.32 Å². The summed E-state index contributed by atoms with van der Waals surface area (Å²) in [5.74, 6) is -0.982. The van der Waals surface area contributed by atoms with Crippen LogP contribution in [0.2, 0.25) is 0 Å². The molecule has 3 aromatic rings. The number of rotatable bonds is 4. The molecule has 27 heavy (non-hydrogen) atoms. The third kappa shape index (κ3) is 4.20. The second-order valence-corrected chi connectivity index (χ2v) is 6.30. The summed E-state index contributed by atoms with van der Waals surface area (Å²) in [6.45, 7) is 0. The van der Waals surface area contributed by atoms with E-state index in [1.54, 1.807) is 62.6 Å². The zero-order valence-corrected chi connectivity index (χ0v) is 15.1. The van der Waals surface area contributed by atoms with Crippen LogP contribution in [0.25, 0.3) is 11.1 Å². The summed E-state index contributed by atoms with van der Waals surface area (Å²) in [6.07, 6.45) is 0. The Kier molecular flexibility index (Phi) is 5.31. The molecule has 0 bridgehead atoms. The molecule has 3 aromatic carbocycles. The number of halogens is 1. The third-order valence-corrected chi connectivity index (χ3v) is 4.10. The molecule has 0 aliphatic rings. The van der Waals surface area contributed by atoms with Crippen LogP contribution in [0.5, 0.6) is 0 Å². The smallest absolute Gasteiger partial charge is 0.255 e. The van der Waals surface area contributed by atoms with Crippen LogP contribution >= 0.6 is 0 Å². The largest absolute Gasteiger partial charge is 0.345 e. The number of benzene rings is 3. The Morgan fingerprint density at radius 2 is 1.41 bits per heavy atom. The number of nitrogens with zero attached hydrogens (tertiary/aromatic N) is 1. The molecular weight excluding hydrogens is 343 g/mol. The van der Waals surface area contributed by atoms with Gasteiger partial charge in [-0.05, 0) is 47.5 Å². The first-order valence-electron chi connectivity index (χ1n) is 8.44. The molecule has 5 heteroatoms. The second-order valence-electron chi connectivity index (χ2n) is 6.30. The fraction of sp³-hybridized carbons (Fsp3) is 0.0909. The van der Waals surface area contributed by atoms with Crippen LogP contribution in [0.4, 0.5) is 10.1 Å². The summed E-state index contributed by atoms with van der Waals surface area (Å²) in [7, 11) is 3.39. The van der Waals surface area contributed by atoms with Gasteiger partial charge in [0.15, 0.2) is 0 Å². The standard InChI is InChI=1S/C22H19FN2O2/c1-25(2)22(27)18-10-6-8-16(14-18)15-7-5-9-17(13-15)21(26)24-20-12-4-3-11-19(20)23/h3-14H,1-2H3,(H,24,26). The molecule has 0 aliphatic heterocycles. The van der Waals surface area contributed by atoms with E-state index in [1.807, 2.05) is 12.1 Å². The fourth-order valence-corrected chi connectivity index (χ4v) is 2.69. The number of carbonyl (C=O) groups is 2. The highest BCUT2D eigenvalue weighted by Crippen LogP contribution is 2.23. The first kappa shape index (κ1) is 18.3. The van der Waals surface area contributed by atoms with Crippen LogP contribution in [0, 0.1) is 5.82 Å². The highest BCUT2D eigenvalue weighted by molar-refractivity contribution is 6.05. The van der Waals surface area contributed by atoms with E-state index >= 15 is 0 Å². The first-order valence-corrected chi connectivity index (χ1v) is 8.44. The molecule has 0 atom stereocenters. The predicted molar refractivity (Wildman–Crippen MR) is 104 cm³/mol. The Hall–Kier alpha value is -3.47. The van der Waals surface area contributed by atoms with Gasteiger partial charge in [-0.1, -0.05) is 36.4 Å². The van der Waals surface area contributed by atoms with E-state index in [9.17, 15) is 14.0 Å². The molecule has 0 aromatic heterocycles. The molecule has 0 aliphatic carbocycles. The zero-order chi connectivity index (χ0) is 19.4. The molecule has 0 saturated heterocycles. The maximum atomic E-state index is 13.7. The number of anilines is 1. The van der Waals surface area contributed by atoms with Crippen LogP contribution in [-0.4, -0.2) is 30.8 Å². The van der Waals surface area contributed by atoms with E-state index in [0.717, 1.165) is 11.1 Å². The van der Waals surface area contributed by atoms with Crippen molar-refractivity contribution in [2.24, 2.45) is 0 Å². The van der Waals surface area contributed by atoms with E-state index < -0.39 is 11.7 Å². The van der Waals surface area contributed by atoms with Gasteiger partial charge in [-0.25, -0.2) is 4.39 Å². The molecular formula is C22H19FN2O2. The minimum atomic E-state index is -0.489. The summed E-state index contributed by atoms with van der Waals surface area (Å²) in [4.78, 5) is 26.2. The molecule has 0 heterocycles. The van der Waals surface area contributed by atoms with Gasteiger partial charge in [-0.15, -0.1) is 0 Å². The molecule has 3 rings (SSSR count). The summed E-state index contributed by atoms with van der Waals surface area (Å²) in [6, 6.07) is 20.2. The Balaban J connectivity index is 1.88. The molecule has 0 fully saturated rings. The van der Waals surface area contributed by atoms with Gasteiger partial charge in [0.1, 0.15) is 5.82 Å². The van der Waals surface area contributed by atoms with E-state index in [-0.39, 0.29) is 11.6 Å². The van der Waals surface area contributed by atoms with Gasteiger partial charge in [0.2, 0.25) is 0 Å². The summed E-state index contributed by atoms with van der Waals surface area (Å²) in [5.41, 5.74) is 2.72. The molecule has 2 amide bonds. The van der Waals surface area contributed by atoms with Crippen LogP contribution in [-0.2, 0) is 0 Å². The third-order valence-electron chi connectivity index (χ3n) is 4.10. The summed E-state index contributed by atoms with van der Waals surface area (Å²) < 4.78 is 13.7. The maximum Gasteiger partial charge on any atom is 0.255 e. The van der Waals surface area contributed by atoms with E-state index in [4.69, 9.17) is 0 Å². The Bertz CT molecular complexity index is 999. The van der Waals surface area contributed by atoms with Gasteiger partial charge in [0.05, 0.1) is 5.69 Å². The molecule has 136 valence electrons. The van der Waals surface area contributed by atoms with Gasteiger partial charge in [0.25, 0.3) is 11.8 Å². The number of hydrogen-bond donors (Lipinski definition) is 1. The monoisotopic (exact) mass is 362 g/mol. The van der Waals surface area contributed by atoms with Crippen LogP contribution in [0.1, 0.15) is 20.7 Å². The van der Waals surface area contributed by atoms with Gasteiger partial charge in [-0.3, -0.25) is 9.59 Å². The lowest BCUT2D eigenvalue weighted by Gasteiger charge is -2.12. The number of carbonyl (C=O) groups excluding carboxylic acids is 2. The van der Waals surface area contributed by atoms with Gasteiger partial charge in [0, 0.05) is 25.2 Å². The normalized spacial score (nSPS) is 10.3. The highest BCUT2D eigenvalue weighted by atomic mass is 19.1. The molecule has 0 saturated carbocycles. The number of nitrogens with one attached hydrogen (secondary N) is 1. The lowest BCUT2D eigenvalue weighted by Crippen LogP contribution is -2.21. The van der Waals surface area contributed by atoms with Crippen LogP contribution in [0.3, 0.4) is 0 Å². The Labute approximate surface area is 157 Å². The van der Waals surface area contributed by atoms with Crippen molar-refractivity contribution >= 4 is 17.5 Å². The number of amides is 2. The molecule has 1 N–H and O–H groups in total. The minimum Gasteiger partial charge on any atom is -0.345 e. The summed E-state index contributed by atoms with van der Waals surface area (Å²) >= 11 is 0.